The van der Waals surface area contributed by atoms with Gasteiger partial charge in [0, 0.05) is 0 Å². The molecule has 5 aromatic rings. The van der Waals surface area contributed by atoms with E-state index >= 15 is 0 Å². The van der Waals surface area contributed by atoms with E-state index in [0.717, 1.165) is 0 Å². The van der Waals surface area contributed by atoms with Gasteiger partial charge in [-0.05, 0) is 62.1 Å². The molecule has 0 radical (unpaired) electrons. The molecule has 0 heterocycles. The van der Waals surface area contributed by atoms with E-state index in [0.29, 0.717) is 5.92 Å². The van der Waals surface area contributed by atoms with Gasteiger partial charge >= 0.3 is 0 Å². The van der Waals surface area contributed by atoms with Gasteiger partial charge in [0.1, 0.15) is 0 Å². The standard InChI is InChI=1S/C34H28/c1-24(2)25-17-19-26(20-18-25)27-21-22-31-30-15-9-10-16-32(30)34(33(31)23-27,28-11-5-3-6-12-28)29-13-7-4-8-14-29/h3-24H,1-2H3. The zero-order valence-electron chi connectivity index (χ0n) is 19.7. The third kappa shape index (κ3) is 3.06. The van der Waals surface area contributed by atoms with E-state index in [1.165, 1.54) is 50.1 Å². The number of hydrogen-bond acceptors (Lipinski definition) is 0. The third-order valence-corrected chi connectivity index (χ3v) is 7.37. The van der Waals surface area contributed by atoms with Gasteiger partial charge in [-0.2, -0.15) is 0 Å². The van der Waals surface area contributed by atoms with E-state index in [1.807, 2.05) is 0 Å². The van der Waals surface area contributed by atoms with E-state index in [4.69, 9.17) is 0 Å². The predicted octanol–water partition coefficient (Wildman–Crippen LogP) is 8.84. The molecule has 0 atom stereocenters. The highest BCUT2D eigenvalue weighted by atomic mass is 14.5. The van der Waals surface area contributed by atoms with E-state index < -0.39 is 0 Å². The van der Waals surface area contributed by atoms with Crippen molar-refractivity contribution in [1.82, 2.24) is 0 Å². The largest absolute Gasteiger partial charge is 0.0713 e. The Labute approximate surface area is 202 Å². The lowest BCUT2D eigenvalue weighted by Crippen LogP contribution is -2.28. The number of rotatable bonds is 4. The molecule has 0 aliphatic heterocycles. The maximum Gasteiger partial charge on any atom is 0.0713 e. The lowest BCUT2D eigenvalue weighted by atomic mass is 9.67. The Hall–Kier alpha value is -3.90. The van der Waals surface area contributed by atoms with Crippen molar-refractivity contribution in [3.63, 3.8) is 0 Å². The summed E-state index contributed by atoms with van der Waals surface area (Å²) in [6, 6.07) is 47.0. The maximum absolute atomic E-state index is 2.43. The van der Waals surface area contributed by atoms with Crippen LogP contribution in [0.15, 0.2) is 127 Å². The van der Waals surface area contributed by atoms with Crippen LogP contribution in [-0.2, 0) is 5.41 Å². The molecule has 0 saturated carbocycles. The third-order valence-electron chi connectivity index (χ3n) is 7.37. The topological polar surface area (TPSA) is 0 Å². The molecule has 1 aliphatic rings. The molecule has 0 unspecified atom stereocenters. The first kappa shape index (κ1) is 20.7. The fourth-order valence-corrected chi connectivity index (χ4v) is 5.68. The van der Waals surface area contributed by atoms with Gasteiger partial charge in [-0.1, -0.05) is 135 Å². The predicted molar refractivity (Wildman–Crippen MR) is 143 cm³/mol. The van der Waals surface area contributed by atoms with Crippen molar-refractivity contribution in [2.75, 3.05) is 0 Å². The summed E-state index contributed by atoms with van der Waals surface area (Å²) in [6.45, 7) is 4.49. The normalized spacial score (nSPS) is 13.5. The van der Waals surface area contributed by atoms with Crippen LogP contribution in [0.5, 0.6) is 0 Å². The molecular weight excluding hydrogens is 408 g/mol. The van der Waals surface area contributed by atoms with Crippen LogP contribution < -0.4 is 0 Å². The number of fused-ring (bicyclic) bond motifs is 3. The van der Waals surface area contributed by atoms with Crippen LogP contribution in [0.3, 0.4) is 0 Å². The molecule has 164 valence electrons. The van der Waals surface area contributed by atoms with E-state index in [1.54, 1.807) is 0 Å². The van der Waals surface area contributed by atoms with Gasteiger partial charge in [-0.3, -0.25) is 0 Å². The Bertz CT molecular complexity index is 1400. The van der Waals surface area contributed by atoms with Crippen LogP contribution in [-0.4, -0.2) is 0 Å². The molecule has 0 aromatic heterocycles. The lowest BCUT2D eigenvalue weighted by Gasteiger charge is -2.34. The fraction of sp³-hybridized carbons (Fsp3) is 0.118. The first-order valence-electron chi connectivity index (χ1n) is 12.2. The smallest absolute Gasteiger partial charge is 0.0622 e. The summed E-state index contributed by atoms with van der Waals surface area (Å²) in [5.41, 5.74) is 11.5. The highest BCUT2D eigenvalue weighted by Gasteiger charge is 2.45. The average molecular weight is 437 g/mol. The Morgan fingerprint density at radius 2 is 1.00 bits per heavy atom. The monoisotopic (exact) mass is 436 g/mol. The molecule has 5 aromatic carbocycles. The molecule has 0 amide bonds. The molecule has 6 rings (SSSR count). The van der Waals surface area contributed by atoms with E-state index in [2.05, 4.69) is 141 Å². The zero-order valence-corrected chi connectivity index (χ0v) is 19.7. The molecule has 1 aliphatic carbocycles. The van der Waals surface area contributed by atoms with Crippen molar-refractivity contribution in [3.05, 3.63) is 155 Å². The molecule has 0 N–H and O–H groups in total. The highest BCUT2D eigenvalue weighted by Crippen LogP contribution is 2.56. The van der Waals surface area contributed by atoms with Gasteiger partial charge in [0.05, 0.1) is 5.41 Å². The average Bonchev–Trinajstić information content (AvgIpc) is 3.20. The SMILES string of the molecule is CC(C)c1ccc(-c2ccc3c(c2)C(c2ccccc2)(c2ccccc2)c2ccccc2-3)cc1. The minimum atomic E-state index is -0.345. The van der Waals surface area contributed by atoms with Crippen molar-refractivity contribution < 1.29 is 0 Å². The number of hydrogen-bond donors (Lipinski definition) is 0. The second-order valence-electron chi connectivity index (χ2n) is 9.56. The van der Waals surface area contributed by atoms with Crippen LogP contribution in [0.1, 0.15) is 47.6 Å². The lowest BCUT2D eigenvalue weighted by molar-refractivity contribution is 0.769. The van der Waals surface area contributed by atoms with Crippen molar-refractivity contribution in [2.45, 2.75) is 25.2 Å². The van der Waals surface area contributed by atoms with Gasteiger partial charge in [0.25, 0.3) is 0 Å². The van der Waals surface area contributed by atoms with Gasteiger partial charge in [-0.25, -0.2) is 0 Å². The molecule has 0 spiro atoms. The van der Waals surface area contributed by atoms with Crippen molar-refractivity contribution >= 4 is 0 Å². The summed E-state index contributed by atoms with van der Waals surface area (Å²) in [5, 5.41) is 0. The van der Waals surface area contributed by atoms with Crippen LogP contribution in [0.2, 0.25) is 0 Å². The van der Waals surface area contributed by atoms with Gasteiger partial charge < -0.3 is 0 Å². The summed E-state index contributed by atoms with van der Waals surface area (Å²) < 4.78 is 0. The fourth-order valence-electron chi connectivity index (χ4n) is 5.68. The van der Waals surface area contributed by atoms with Crippen molar-refractivity contribution in [2.24, 2.45) is 0 Å². The summed E-state index contributed by atoms with van der Waals surface area (Å²) in [4.78, 5) is 0. The van der Waals surface area contributed by atoms with Crippen molar-refractivity contribution in [1.29, 1.82) is 0 Å². The van der Waals surface area contributed by atoms with E-state index in [-0.39, 0.29) is 5.41 Å². The van der Waals surface area contributed by atoms with E-state index in [9.17, 15) is 0 Å². The molecule has 0 bridgehead atoms. The second-order valence-corrected chi connectivity index (χ2v) is 9.56. The summed E-state index contributed by atoms with van der Waals surface area (Å²) in [5.74, 6) is 0.535. The zero-order chi connectivity index (χ0) is 23.1. The minimum absolute atomic E-state index is 0.345. The first-order chi connectivity index (χ1) is 16.7. The Morgan fingerprint density at radius 1 is 0.471 bits per heavy atom. The first-order valence-corrected chi connectivity index (χ1v) is 12.2. The molecule has 0 nitrogen and oxygen atoms in total. The maximum atomic E-state index is 2.43. The second kappa shape index (κ2) is 8.15. The van der Waals surface area contributed by atoms with Gasteiger partial charge in [-0.15, -0.1) is 0 Å². The Kier molecular flexibility index (Phi) is 4.96. The van der Waals surface area contributed by atoms with Crippen LogP contribution in [0.25, 0.3) is 22.3 Å². The molecular formula is C34H28. The molecule has 34 heavy (non-hydrogen) atoms. The molecule has 0 fully saturated rings. The van der Waals surface area contributed by atoms with Crippen LogP contribution >= 0.6 is 0 Å². The molecule has 0 heteroatoms. The summed E-state index contributed by atoms with van der Waals surface area (Å²) in [6.07, 6.45) is 0. The Morgan fingerprint density at radius 3 is 1.62 bits per heavy atom. The van der Waals surface area contributed by atoms with Gasteiger partial charge in [0.15, 0.2) is 0 Å². The summed E-state index contributed by atoms with van der Waals surface area (Å²) in [7, 11) is 0. The van der Waals surface area contributed by atoms with Crippen LogP contribution in [0.4, 0.5) is 0 Å². The quantitative estimate of drug-likeness (QED) is 0.259. The molecule has 0 saturated heterocycles. The highest BCUT2D eigenvalue weighted by molar-refractivity contribution is 5.88. The minimum Gasteiger partial charge on any atom is -0.0622 e. The Balaban J connectivity index is 1.66. The van der Waals surface area contributed by atoms with Crippen LogP contribution in [0, 0.1) is 0 Å². The van der Waals surface area contributed by atoms with Gasteiger partial charge in [0.2, 0.25) is 0 Å². The number of benzene rings is 5. The summed E-state index contributed by atoms with van der Waals surface area (Å²) >= 11 is 0. The van der Waals surface area contributed by atoms with Crippen molar-refractivity contribution in [3.8, 4) is 22.3 Å².